The normalized spacial score (nSPS) is 10.4. The van der Waals surface area contributed by atoms with Crippen molar-refractivity contribution in [3.05, 3.63) is 48.0 Å². The Morgan fingerprint density at radius 2 is 1.48 bits per heavy atom. The van der Waals surface area contributed by atoms with Gasteiger partial charge >= 0.3 is 0 Å². The maximum Gasteiger partial charge on any atom is 0.164 e. The smallest absolute Gasteiger partial charge is 0.164 e. The minimum atomic E-state index is 0.613. The van der Waals surface area contributed by atoms with E-state index in [-0.39, 0.29) is 0 Å². The van der Waals surface area contributed by atoms with Crippen molar-refractivity contribution in [2.45, 2.75) is 0 Å². The largest absolute Gasteiger partial charge is 0.496 e. The highest BCUT2D eigenvalue weighted by molar-refractivity contribution is 5.85. The molecule has 0 aliphatic heterocycles. The van der Waals surface area contributed by atoms with Gasteiger partial charge in [0.2, 0.25) is 0 Å². The number of benzene rings is 2. The van der Waals surface area contributed by atoms with E-state index in [1.165, 1.54) is 0 Å². The summed E-state index contributed by atoms with van der Waals surface area (Å²) in [5.41, 5.74) is 4.65. The van der Waals surface area contributed by atoms with Crippen molar-refractivity contribution in [3.63, 3.8) is 0 Å². The van der Waals surface area contributed by atoms with E-state index in [2.05, 4.69) is 10.5 Å². The summed E-state index contributed by atoms with van der Waals surface area (Å²) in [6.45, 7) is 0. The van der Waals surface area contributed by atoms with Crippen LogP contribution in [-0.4, -0.2) is 27.5 Å². The fourth-order valence-electron chi connectivity index (χ4n) is 1.84. The Balaban J connectivity index is 2.22. The second-order valence-corrected chi connectivity index (χ2v) is 4.19. The van der Waals surface area contributed by atoms with Crippen molar-refractivity contribution in [2.24, 2.45) is 5.10 Å². The van der Waals surface area contributed by atoms with Crippen LogP contribution in [0.1, 0.15) is 5.56 Å². The first-order valence-corrected chi connectivity index (χ1v) is 6.42. The van der Waals surface area contributed by atoms with Gasteiger partial charge in [0.1, 0.15) is 5.75 Å². The summed E-state index contributed by atoms with van der Waals surface area (Å²) < 4.78 is 15.9. The molecule has 5 nitrogen and oxygen atoms in total. The predicted octanol–water partition coefficient (Wildman–Crippen LogP) is 3.16. The third-order valence-corrected chi connectivity index (χ3v) is 2.91. The zero-order valence-electron chi connectivity index (χ0n) is 12.3. The number of hydrogen-bond donors (Lipinski definition) is 1. The molecule has 0 heterocycles. The van der Waals surface area contributed by atoms with Gasteiger partial charge in [-0.25, -0.2) is 0 Å². The van der Waals surface area contributed by atoms with Crippen molar-refractivity contribution in [3.8, 4) is 17.2 Å². The molecule has 0 spiro atoms. The first-order chi connectivity index (χ1) is 10.3. The molecule has 0 fully saturated rings. The number of anilines is 1. The summed E-state index contributed by atoms with van der Waals surface area (Å²) in [5, 5.41) is 4.20. The Morgan fingerprint density at radius 1 is 0.857 bits per heavy atom. The highest BCUT2D eigenvalue weighted by Crippen LogP contribution is 2.33. The molecule has 0 radical (unpaired) electrons. The monoisotopic (exact) mass is 286 g/mol. The fraction of sp³-hybridized carbons (Fsp3) is 0.188. The zero-order valence-corrected chi connectivity index (χ0v) is 12.3. The van der Waals surface area contributed by atoms with Gasteiger partial charge in [0.25, 0.3) is 0 Å². The molecule has 1 N–H and O–H groups in total. The Hall–Kier alpha value is -2.69. The van der Waals surface area contributed by atoms with Crippen LogP contribution in [0.5, 0.6) is 17.2 Å². The molecular weight excluding hydrogens is 268 g/mol. The van der Waals surface area contributed by atoms with E-state index in [9.17, 15) is 0 Å². The van der Waals surface area contributed by atoms with E-state index in [1.54, 1.807) is 33.6 Å². The Kier molecular flexibility index (Phi) is 5.04. The van der Waals surface area contributed by atoms with Crippen LogP contribution in [0.3, 0.4) is 0 Å². The molecule has 0 saturated heterocycles. The summed E-state index contributed by atoms with van der Waals surface area (Å²) in [4.78, 5) is 0. The van der Waals surface area contributed by atoms with Crippen molar-refractivity contribution in [2.75, 3.05) is 26.8 Å². The molecular formula is C16H18N2O3. The lowest BCUT2D eigenvalue weighted by atomic mass is 10.2. The van der Waals surface area contributed by atoms with Crippen LogP contribution in [0.4, 0.5) is 5.69 Å². The van der Waals surface area contributed by atoms with Gasteiger partial charge in [0.05, 0.1) is 33.2 Å². The van der Waals surface area contributed by atoms with Crippen LogP contribution in [0.2, 0.25) is 0 Å². The first kappa shape index (κ1) is 14.7. The molecule has 0 aliphatic rings. The third-order valence-electron chi connectivity index (χ3n) is 2.91. The molecule has 0 aliphatic carbocycles. The number of hydrogen-bond acceptors (Lipinski definition) is 5. The zero-order chi connectivity index (χ0) is 15.1. The second kappa shape index (κ2) is 7.19. The van der Waals surface area contributed by atoms with E-state index < -0.39 is 0 Å². The fourth-order valence-corrected chi connectivity index (χ4v) is 1.84. The Bertz CT molecular complexity index is 612. The number of methoxy groups -OCH3 is 3. The predicted molar refractivity (Wildman–Crippen MR) is 83.8 cm³/mol. The summed E-state index contributed by atoms with van der Waals surface area (Å²) >= 11 is 0. The van der Waals surface area contributed by atoms with E-state index in [1.807, 2.05) is 36.4 Å². The molecule has 2 rings (SSSR count). The van der Waals surface area contributed by atoms with Gasteiger partial charge in [-0.1, -0.05) is 18.2 Å². The van der Waals surface area contributed by atoms with Crippen LogP contribution in [-0.2, 0) is 0 Å². The number of hydrazone groups is 1. The molecule has 0 amide bonds. The number of nitrogens with zero attached hydrogens (tertiary/aromatic N) is 1. The van der Waals surface area contributed by atoms with Crippen molar-refractivity contribution >= 4 is 11.9 Å². The Labute approximate surface area is 124 Å². The summed E-state index contributed by atoms with van der Waals surface area (Å²) in [5.74, 6) is 1.90. The van der Waals surface area contributed by atoms with Crippen molar-refractivity contribution < 1.29 is 14.2 Å². The molecule has 0 unspecified atom stereocenters. The van der Waals surface area contributed by atoms with Crippen LogP contribution in [0.15, 0.2) is 47.6 Å². The molecule has 2 aromatic rings. The average Bonchev–Trinajstić information content (AvgIpc) is 2.55. The maximum absolute atomic E-state index is 5.34. The van der Waals surface area contributed by atoms with Gasteiger partial charge in [0, 0.05) is 11.6 Å². The molecule has 5 heteroatoms. The van der Waals surface area contributed by atoms with Gasteiger partial charge in [-0.3, -0.25) is 5.43 Å². The minimum absolute atomic E-state index is 0.613. The lowest BCUT2D eigenvalue weighted by molar-refractivity contribution is 0.349. The second-order valence-electron chi connectivity index (χ2n) is 4.19. The quantitative estimate of drug-likeness (QED) is 0.654. The highest BCUT2D eigenvalue weighted by Gasteiger charge is 2.10. The number of rotatable bonds is 6. The topological polar surface area (TPSA) is 52.1 Å². The molecule has 110 valence electrons. The van der Waals surface area contributed by atoms with Crippen molar-refractivity contribution in [1.29, 1.82) is 0 Å². The lowest BCUT2D eigenvalue weighted by Gasteiger charge is -2.11. The summed E-state index contributed by atoms with van der Waals surface area (Å²) in [6.07, 6.45) is 1.67. The summed E-state index contributed by atoms with van der Waals surface area (Å²) in [7, 11) is 4.78. The van der Waals surface area contributed by atoms with Gasteiger partial charge in [-0.15, -0.1) is 0 Å². The van der Waals surface area contributed by atoms with E-state index in [4.69, 9.17) is 14.2 Å². The molecule has 0 saturated carbocycles. The van der Waals surface area contributed by atoms with Crippen LogP contribution in [0.25, 0.3) is 0 Å². The van der Waals surface area contributed by atoms with Crippen LogP contribution >= 0.6 is 0 Å². The first-order valence-electron chi connectivity index (χ1n) is 6.42. The number of para-hydroxylation sites is 1. The molecule has 0 bridgehead atoms. The molecule has 2 aromatic carbocycles. The van der Waals surface area contributed by atoms with E-state index in [0.29, 0.717) is 17.2 Å². The van der Waals surface area contributed by atoms with Gasteiger partial charge < -0.3 is 14.2 Å². The molecule has 0 atom stereocenters. The van der Waals surface area contributed by atoms with Crippen LogP contribution in [0, 0.1) is 0 Å². The van der Waals surface area contributed by atoms with Gasteiger partial charge in [-0.2, -0.15) is 5.10 Å². The Morgan fingerprint density at radius 3 is 2.10 bits per heavy atom. The third kappa shape index (κ3) is 3.66. The average molecular weight is 286 g/mol. The van der Waals surface area contributed by atoms with Crippen LogP contribution < -0.4 is 19.6 Å². The van der Waals surface area contributed by atoms with E-state index >= 15 is 0 Å². The van der Waals surface area contributed by atoms with Gasteiger partial charge in [-0.05, 0) is 18.2 Å². The number of ether oxygens (including phenoxy) is 3. The SMILES string of the molecule is COc1cc(OC)c(OC)cc1C=NNc1ccccc1. The van der Waals surface area contributed by atoms with E-state index in [0.717, 1.165) is 11.3 Å². The maximum atomic E-state index is 5.34. The van der Waals surface area contributed by atoms with Crippen molar-refractivity contribution in [1.82, 2.24) is 0 Å². The van der Waals surface area contributed by atoms with Gasteiger partial charge in [0.15, 0.2) is 11.5 Å². The minimum Gasteiger partial charge on any atom is -0.496 e. The lowest BCUT2D eigenvalue weighted by Crippen LogP contribution is -1.97. The number of nitrogens with one attached hydrogen (secondary N) is 1. The molecule has 21 heavy (non-hydrogen) atoms. The highest BCUT2D eigenvalue weighted by atomic mass is 16.5. The molecule has 0 aromatic heterocycles. The standard InChI is InChI=1S/C16H18N2O3/c1-19-14-10-16(21-3)15(20-2)9-12(14)11-17-18-13-7-5-4-6-8-13/h4-11,18H,1-3H3. The summed E-state index contributed by atoms with van der Waals surface area (Å²) in [6, 6.07) is 13.3.